The van der Waals surface area contributed by atoms with Crippen LogP contribution in [0, 0.1) is 0 Å². The fraction of sp³-hybridized carbons (Fsp3) is 0.929. The molecule has 1 aliphatic rings. The first-order chi connectivity index (χ1) is 9.61. The van der Waals surface area contributed by atoms with E-state index in [1.54, 1.807) is 4.90 Å². The first-order valence-corrected chi connectivity index (χ1v) is 8.04. The number of β-amino-alcohol motifs (C(OH)–C–C–N with tert-alkyl or cyclic N) is 1. The lowest BCUT2D eigenvalue weighted by molar-refractivity contribution is 0.0259. The molecule has 0 aromatic carbocycles. The van der Waals surface area contributed by atoms with Gasteiger partial charge >= 0.3 is 0 Å². The molecular formula is C14H28N2O3S. The Bertz CT molecular complexity index is 292. The van der Waals surface area contributed by atoms with E-state index in [-0.39, 0.29) is 13.2 Å². The maximum absolute atomic E-state index is 9.73. The molecule has 118 valence electrons. The summed E-state index contributed by atoms with van der Waals surface area (Å²) in [5, 5.41) is 32.3. The molecule has 0 aromatic rings. The van der Waals surface area contributed by atoms with E-state index in [2.05, 4.69) is 12.2 Å². The largest absolute Gasteiger partial charge is 0.394 e. The van der Waals surface area contributed by atoms with Crippen LogP contribution >= 0.6 is 12.2 Å². The number of hydrogen-bond acceptors (Lipinski definition) is 4. The van der Waals surface area contributed by atoms with E-state index in [1.165, 1.54) is 32.1 Å². The third-order valence-electron chi connectivity index (χ3n) is 3.83. The average Bonchev–Trinajstić information content (AvgIpc) is 2.73. The van der Waals surface area contributed by atoms with Crippen molar-refractivity contribution in [1.82, 2.24) is 10.2 Å². The van der Waals surface area contributed by atoms with E-state index < -0.39 is 18.2 Å². The van der Waals surface area contributed by atoms with Gasteiger partial charge in [0.25, 0.3) is 0 Å². The van der Waals surface area contributed by atoms with Gasteiger partial charge in [-0.15, -0.1) is 0 Å². The lowest BCUT2D eigenvalue weighted by atomic mass is 10.1. The molecule has 6 heteroatoms. The van der Waals surface area contributed by atoms with Crippen molar-refractivity contribution < 1.29 is 15.3 Å². The van der Waals surface area contributed by atoms with Gasteiger partial charge in [-0.3, -0.25) is 0 Å². The average molecular weight is 304 g/mol. The highest BCUT2D eigenvalue weighted by molar-refractivity contribution is 7.80. The predicted molar refractivity (Wildman–Crippen MR) is 83.6 cm³/mol. The Hall–Kier alpha value is -0.430. The number of aliphatic hydroxyl groups excluding tert-OH is 3. The summed E-state index contributed by atoms with van der Waals surface area (Å²) in [5.74, 6) is 0. The second-order valence-electron chi connectivity index (χ2n) is 5.46. The monoisotopic (exact) mass is 304 g/mol. The van der Waals surface area contributed by atoms with Gasteiger partial charge in [-0.1, -0.05) is 39.0 Å². The molecule has 0 unspecified atom stereocenters. The van der Waals surface area contributed by atoms with Gasteiger partial charge in [0.1, 0.15) is 6.10 Å². The molecule has 1 fully saturated rings. The zero-order chi connectivity index (χ0) is 15.0. The molecule has 0 amide bonds. The van der Waals surface area contributed by atoms with Gasteiger partial charge in [0.15, 0.2) is 5.11 Å². The fourth-order valence-electron chi connectivity index (χ4n) is 2.53. The molecule has 1 aliphatic heterocycles. The minimum absolute atomic E-state index is 0.211. The van der Waals surface area contributed by atoms with Crippen molar-refractivity contribution in [3.8, 4) is 0 Å². The highest BCUT2D eigenvalue weighted by atomic mass is 32.1. The zero-order valence-corrected chi connectivity index (χ0v) is 13.1. The summed E-state index contributed by atoms with van der Waals surface area (Å²) in [7, 11) is 0. The first kappa shape index (κ1) is 17.6. The maximum atomic E-state index is 9.73. The normalized spacial score (nSPS) is 26.0. The van der Waals surface area contributed by atoms with Gasteiger partial charge in [0, 0.05) is 13.1 Å². The van der Waals surface area contributed by atoms with Crippen molar-refractivity contribution in [2.45, 2.75) is 63.7 Å². The number of hydrogen-bond donors (Lipinski definition) is 4. The third kappa shape index (κ3) is 5.16. The van der Waals surface area contributed by atoms with Crippen LogP contribution in [0.5, 0.6) is 0 Å². The summed E-state index contributed by atoms with van der Waals surface area (Å²) < 4.78 is 0. The maximum Gasteiger partial charge on any atom is 0.169 e. The van der Waals surface area contributed by atoms with Crippen LogP contribution in [0.15, 0.2) is 0 Å². The molecule has 1 saturated heterocycles. The van der Waals surface area contributed by atoms with Crippen LogP contribution in [-0.2, 0) is 0 Å². The van der Waals surface area contributed by atoms with Gasteiger partial charge in [-0.25, -0.2) is 0 Å². The van der Waals surface area contributed by atoms with Crippen LogP contribution in [0.3, 0.4) is 0 Å². The first-order valence-electron chi connectivity index (χ1n) is 7.63. The SMILES string of the molecule is CCCCCCCCNC(=S)N1C[C@H](O)[C@@H](O)[C@@H]1CO. The number of nitrogens with one attached hydrogen (secondary N) is 1. The van der Waals surface area contributed by atoms with Crippen molar-refractivity contribution in [3.05, 3.63) is 0 Å². The topological polar surface area (TPSA) is 76.0 Å². The molecule has 1 heterocycles. The van der Waals surface area contributed by atoms with Crippen LogP contribution in [-0.4, -0.2) is 63.3 Å². The molecule has 4 N–H and O–H groups in total. The predicted octanol–water partition coefficient (Wildman–Crippen LogP) is 0.620. The van der Waals surface area contributed by atoms with E-state index in [0.29, 0.717) is 5.11 Å². The van der Waals surface area contributed by atoms with E-state index in [4.69, 9.17) is 12.2 Å². The van der Waals surface area contributed by atoms with Gasteiger partial charge in [-0.2, -0.15) is 0 Å². The Labute approximate surface area is 127 Å². The quantitative estimate of drug-likeness (QED) is 0.389. The Kier molecular flexibility index (Phi) is 8.37. The van der Waals surface area contributed by atoms with E-state index >= 15 is 0 Å². The molecule has 0 radical (unpaired) electrons. The standard InChI is InChI=1S/C14H28N2O3S/c1-2-3-4-5-6-7-8-15-14(20)16-9-12(18)13(19)11(16)10-17/h11-13,17-19H,2-10H2,1H3,(H,15,20)/t11-,12-,13-/m0/s1. The number of aliphatic hydroxyl groups is 3. The highest BCUT2D eigenvalue weighted by Crippen LogP contribution is 2.18. The molecule has 0 aliphatic carbocycles. The Balaban J connectivity index is 2.19. The lowest BCUT2D eigenvalue weighted by Gasteiger charge is -2.26. The van der Waals surface area contributed by atoms with Crippen molar-refractivity contribution in [3.63, 3.8) is 0 Å². The van der Waals surface area contributed by atoms with Gasteiger partial charge in [-0.05, 0) is 18.6 Å². The number of thiocarbonyl (C=S) groups is 1. The van der Waals surface area contributed by atoms with Crippen molar-refractivity contribution in [1.29, 1.82) is 0 Å². The van der Waals surface area contributed by atoms with E-state index in [9.17, 15) is 15.3 Å². The Morgan fingerprint density at radius 2 is 1.85 bits per heavy atom. The molecule has 0 spiro atoms. The Morgan fingerprint density at radius 1 is 1.20 bits per heavy atom. The van der Waals surface area contributed by atoms with Crippen molar-refractivity contribution in [2.75, 3.05) is 19.7 Å². The van der Waals surface area contributed by atoms with Crippen LogP contribution in [0.1, 0.15) is 45.4 Å². The van der Waals surface area contributed by atoms with Crippen molar-refractivity contribution >= 4 is 17.3 Å². The second kappa shape index (κ2) is 9.50. The van der Waals surface area contributed by atoms with Crippen molar-refractivity contribution in [2.24, 2.45) is 0 Å². The molecule has 0 aromatic heterocycles. The summed E-state index contributed by atoms with van der Waals surface area (Å²) in [4.78, 5) is 1.68. The smallest absolute Gasteiger partial charge is 0.169 e. The summed E-state index contributed by atoms with van der Waals surface area (Å²) in [6, 6.07) is -0.505. The third-order valence-corrected chi connectivity index (χ3v) is 4.21. The molecule has 3 atom stereocenters. The number of rotatable bonds is 8. The molecular weight excluding hydrogens is 276 g/mol. The van der Waals surface area contributed by atoms with Gasteiger partial charge < -0.3 is 25.5 Å². The van der Waals surface area contributed by atoms with Gasteiger partial charge in [0.05, 0.1) is 18.8 Å². The van der Waals surface area contributed by atoms with E-state index in [0.717, 1.165) is 13.0 Å². The zero-order valence-electron chi connectivity index (χ0n) is 12.3. The van der Waals surface area contributed by atoms with Gasteiger partial charge in [0.2, 0.25) is 0 Å². The number of nitrogens with zero attached hydrogens (tertiary/aromatic N) is 1. The number of unbranched alkanes of at least 4 members (excludes halogenated alkanes) is 5. The van der Waals surface area contributed by atoms with E-state index in [1.807, 2.05) is 0 Å². The molecule has 0 saturated carbocycles. The molecule has 0 bridgehead atoms. The summed E-state index contributed by atoms with van der Waals surface area (Å²) in [6.45, 7) is 3.06. The second-order valence-corrected chi connectivity index (χ2v) is 5.85. The number of likely N-dealkylation sites (tertiary alicyclic amines) is 1. The van der Waals surface area contributed by atoms with Crippen LogP contribution in [0.4, 0.5) is 0 Å². The minimum Gasteiger partial charge on any atom is -0.394 e. The summed E-state index contributed by atoms with van der Waals surface area (Å²) in [5.41, 5.74) is 0. The van der Waals surface area contributed by atoms with Crippen LogP contribution in [0.25, 0.3) is 0 Å². The fourth-order valence-corrected chi connectivity index (χ4v) is 2.84. The lowest BCUT2D eigenvalue weighted by Crippen LogP contribution is -2.47. The van der Waals surface area contributed by atoms with Crippen LogP contribution < -0.4 is 5.32 Å². The minimum atomic E-state index is -0.936. The molecule has 5 nitrogen and oxygen atoms in total. The van der Waals surface area contributed by atoms with Crippen LogP contribution in [0.2, 0.25) is 0 Å². The summed E-state index contributed by atoms with van der Waals surface area (Å²) in [6.07, 6.45) is 5.56. The summed E-state index contributed by atoms with van der Waals surface area (Å²) >= 11 is 5.26. The Morgan fingerprint density at radius 3 is 2.50 bits per heavy atom. The molecule has 1 rings (SSSR count). The highest BCUT2D eigenvalue weighted by Gasteiger charge is 2.40. The molecule has 20 heavy (non-hydrogen) atoms.